The molecule has 0 unspecified atom stereocenters. The number of nitrogens with one attached hydrogen (secondary N) is 1. The Kier molecular flexibility index (Phi) is 4.72. The minimum atomic E-state index is -0.654. The van der Waals surface area contributed by atoms with E-state index in [1.165, 1.54) is 7.05 Å². The standard InChI is InChI=1S/C16H15ClN6O3/c1-10-7-14(20-22(10)9-11-5-3-4-6-12(11)17)19-16(24)15-13(23(25)26)8-18-21(15)2/h3-8H,9H2,1-2H3,(H,19,20,24). The fourth-order valence-corrected chi connectivity index (χ4v) is 2.71. The highest BCUT2D eigenvalue weighted by molar-refractivity contribution is 6.31. The van der Waals surface area contributed by atoms with Crippen LogP contribution in [0.3, 0.4) is 0 Å². The molecule has 2 heterocycles. The summed E-state index contributed by atoms with van der Waals surface area (Å²) < 4.78 is 2.84. The van der Waals surface area contributed by atoms with E-state index in [-0.39, 0.29) is 17.2 Å². The smallest absolute Gasteiger partial charge is 0.303 e. The highest BCUT2D eigenvalue weighted by atomic mass is 35.5. The normalized spacial score (nSPS) is 10.7. The van der Waals surface area contributed by atoms with Gasteiger partial charge in [0, 0.05) is 23.8 Å². The Labute approximate surface area is 153 Å². The van der Waals surface area contributed by atoms with E-state index >= 15 is 0 Å². The van der Waals surface area contributed by atoms with Crippen LogP contribution in [0.1, 0.15) is 21.7 Å². The van der Waals surface area contributed by atoms with Crippen molar-refractivity contribution < 1.29 is 9.72 Å². The van der Waals surface area contributed by atoms with Crippen LogP contribution in [0.15, 0.2) is 36.5 Å². The number of hydrogen-bond acceptors (Lipinski definition) is 5. The minimum Gasteiger partial charge on any atom is -0.303 e. The second-order valence-corrected chi connectivity index (χ2v) is 6.04. The molecule has 0 saturated heterocycles. The van der Waals surface area contributed by atoms with E-state index in [1.54, 1.807) is 16.8 Å². The number of aromatic nitrogens is 4. The van der Waals surface area contributed by atoms with E-state index in [4.69, 9.17) is 11.6 Å². The van der Waals surface area contributed by atoms with Crippen molar-refractivity contribution in [3.05, 3.63) is 68.6 Å². The average molecular weight is 375 g/mol. The van der Waals surface area contributed by atoms with Crippen LogP contribution >= 0.6 is 11.6 Å². The van der Waals surface area contributed by atoms with Gasteiger partial charge in [-0.1, -0.05) is 29.8 Å². The van der Waals surface area contributed by atoms with Crippen molar-refractivity contribution >= 4 is 29.0 Å². The SMILES string of the molecule is Cc1cc(NC(=O)c2c([N+](=O)[O-])cnn2C)nn1Cc1ccccc1Cl. The lowest BCUT2D eigenvalue weighted by atomic mass is 10.2. The van der Waals surface area contributed by atoms with Crippen molar-refractivity contribution in [2.45, 2.75) is 13.5 Å². The second-order valence-electron chi connectivity index (χ2n) is 5.63. The second kappa shape index (κ2) is 6.96. The molecule has 0 radical (unpaired) electrons. The van der Waals surface area contributed by atoms with Crippen molar-refractivity contribution in [3.8, 4) is 0 Å². The van der Waals surface area contributed by atoms with E-state index in [9.17, 15) is 14.9 Å². The number of halogens is 1. The maximum Gasteiger partial charge on any atom is 0.320 e. The molecule has 0 aliphatic heterocycles. The van der Waals surface area contributed by atoms with Gasteiger partial charge in [-0.05, 0) is 18.6 Å². The molecule has 0 saturated carbocycles. The first-order valence-corrected chi connectivity index (χ1v) is 8.00. The molecule has 3 rings (SSSR count). The molecule has 2 aromatic heterocycles. The third-order valence-corrected chi connectivity index (χ3v) is 4.20. The Morgan fingerprint density at radius 3 is 2.81 bits per heavy atom. The first-order valence-electron chi connectivity index (χ1n) is 7.62. The van der Waals surface area contributed by atoms with Gasteiger partial charge < -0.3 is 5.32 Å². The zero-order valence-electron chi connectivity index (χ0n) is 14.0. The molecule has 26 heavy (non-hydrogen) atoms. The number of carbonyl (C=O) groups is 1. The van der Waals surface area contributed by atoms with Crippen molar-refractivity contribution in [1.29, 1.82) is 0 Å². The largest absolute Gasteiger partial charge is 0.320 e. The lowest BCUT2D eigenvalue weighted by molar-refractivity contribution is -0.385. The summed E-state index contributed by atoms with van der Waals surface area (Å²) in [6.07, 6.45) is 1.04. The van der Waals surface area contributed by atoms with E-state index in [0.29, 0.717) is 11.6 Å². The monoisotopic (exact) mass is 374 g/mol. The molecule has 3 aromatic rings. The van der Waals surface area contributed by atoms with Crippen LogP contribution in [0.5, 0.6) is 0 Å². The summed E-state index contributed by atoms with van der Waals surface area (Å²) in [6, 6.07) is 9.08. The molecule has 1 amide bonds. The molecule has 0 atom stereocenters. The fourth-order valence-electron chi connectivity index (χ4n) is 2.52. The summed E-state index contributed by atoms with van der Waals surface area (Å²) in [6.45, 7) is 2.28. The third-order valence-electron chi connectivity index (χ3n) is 3.83. The molecule has 9 nitrogen and oxygen atoms in total. The van der Waals surface area contributed by atoms with Gasteiger partial charge in [-0.2, -0.15) is 10.2 Å². The van der Waals surface area contributed by atoms with Crippen LogP contribution in [0.25, 0.3) is 0 Å². The molecule has 0 aliphatic carbocycles. The summed E-state index contributed by atoms with van der Waals surface area (Å²) >= 11 is 6.17. The highest BCUT2D eigenvalue weighted by Crippen LogP contribution is 2.20. The molecule has 0 fully saturated rings. The van der Waals surface area contributed by atoms with Gasteiger partial charge in [0.2, 0.25) is 5.69 Å². The van der Waals surface area contributed by atoms with Gasteiger partial charge in [-0.3, -0.25) is 24.3 Å². The van der Waals surface area contributed by atoms with Crippen LogP contribution in [-0.2, 0) is 13.6 Å². The number of amides is 1. The van der Waals surface area contributed by atoms with Gasteiger partial charge in [0.25, 0.3) is 5.91 Å². The first kappa shape index (κ1) is 17.6. The van der Waals surface area contributed by atoms with Crippen molar-refractivity contribution in [2.24, 2.45) is 7.05 Å². The van der Waals surface area contributed by atoms with E-state index in [0.717, 1.165) is 22.1 Å². The third kappa shape index (κ3) is 3.42. The van der Waals surface area contributed by atoms with Crippen LogP contribution in [0.2, 0.25) is 5.02 Å². The van der Waals surface area contributed by atoms with Crippen molar-refractivity contribution in [1.82, 2.24) is 19.6 Å². The zero-order chi connectivity index (χ0) is 18.8. The topological polar surface area (TPSA) is 108 Å². The van der Waals surface area contributed by atoms with Gasteiger partial charge in [0.1, 0.15) is 6.20 Å². The molecule has 10 heteroatoms. The Hall–Kier alpha value is -3.20. The maximum absolute atomic E-state index is 12.4. The predicted molar refractivity (Wildman–Crippen MR) is 95.3 cm³/mol. The Bertz CT molecular complexity index is 994. The molecular formula is C16H15ClN6O3. The summed E-state index contributed by atoms with van der Waals surface area (Å²) in [4.78, 5) is 22.8. The van der Waals surface area contributed by atoms with Crippen LogP contribution in [0.4, 0.5) is 11.5 Å². The van der Waals surface area contributed by atoms with Crippen LogP contribution in [0, 0.1) is 17.0 Å². The zero-order valence-corrected chi connectivity index (χ0v) is 14.8. The number of aryl methyl sites for hydroxylation is 2. The van der Waals surface area contributed by atoms with Crippen molar-refractivity contribution in [2.75, 3.05) is 5.32 Å². The summed E-state index contributed by atoms with van der Waals surface area (Å²) in [7, 11) is 1.46. The Morgan fingerprint density at radius 1 is 1.38 bits per heavy atom. The van der Waals surface area contributed by atoms with E-state index in [2.05, 4.69) is 15.5 Å². The lowest BCUT2D eigenvalue weighted by Crippen LogP contribution is -2.18. The summed E-state index contributed by atoms with van der Waals surface area (Å²) in [5, 5.41) is 22.3. The molecular weight excluding hydrogens is 360 g/mol. The Balaban J connectivity index is 1.82. The number of nitrogens with zero attached hydrogens (tertiary/aromatic N) is 5. The summed E-state index contributed by atoms with van der Waals surface area (Å²) in [5.74, 6) is -0.367. The molecule has 0 aliphatic rings. The number of anilines is 1. The van der Waals surface area contributed by atoms with Gasteiger partial charge in [0.15, 0.2) is 5.82 Å². The molecule has 1 N–H and O–H groups in total. The van der Waals surface area contributed by atoms with E-state index in [1.807, 2.05) is 25.1 Å². The predicted octanol–water partition coefficient (Wildman–Crippen LogP) is 2.79. The van der Waals surface area contributed by atoms with Crippen LogP contribution < -0.4 is 5.32 Å². The van der Waals surface area contributed by atoms with Crippen molar-refractivity contribution in [3.63, 3.8) is 0 Å². The quantitative estimate of drug-likeness (QED) is 0.545. The molecule has 0 bridgehead atoms. The average Bonchev–Trinajstić information content (AvgIpc) is 3.12. The number of rotatable bonds is 5. The summed E-state index contributed by atoms with van der Waals surface area (Å²) in [5.41, 5.74) is 1.19. The van der Waals surface area contributed by atoms with Crippen LogP contribution in [-0.4, -0.2) is 30.4 Å². The van der Waals surface area contributed by atoms with Gasteiger partial charge in [-0.15, -0.1) is 0 Å². The maximum atomic E-state index is 12.4. The number of hydrogen-bond donors (Lipinski definition) is 1. The number of benzene rings is 1. The number of carbonyl (C=O) groups excluding carboxylic acids is 1. The number of nitro groups is 1. The highest BCUT2D eigenvalue weighted by Gasteiger charge is 2.26. The molecule has 0 spiro atoms. The first-order chi connectivity index (χ1) is 12.4. The van der Waals surface area contributed by atoms with Gasteiger partial charge >= 0.3 is 5.69 Å². The Morgan fingerprint density at radius 2 is 2.12 bits per heavy atom. The van der Waals surface area contributed by atoms with Gasteiger partial charge in [0.05, 0.1) is 11.5 Å². The lowest BCUT2D eigenvalue weighted by Gasteiger charge is -2.06. The minimum absolute atomic E-state index is 0.145. The fraction of sp³-hybridized carbons (Fsp3) is 0.188. The van der Waals surface area contributed by atoms with E-state index < -0.39 is 10.8 Å². The van der Waals surface area contributed by atoms with Gasteiger partial charge in [-0.25, -0.2) is 0 Å². The molecule has 134 valence electrons. The molecule has 1 aromatic carbocycles.